The molecular weight excluding hydrogens is 451 g/mol. The predicted octanol–water partition coefficient (Wildman–Crippen LogP) is 1.47. The van der Waals surface area contributed by atoms with Crippen LogP contribution in [0.3, 0.4) is 0 Å². The van der Waals surface area contributed by atoms with Crippen molar-refractivity contribution in [2.45, 2.75) is 43.2 Å². The highest BCUT2D eigenvalue weighted by Crippen LogP contribution is 2.32. The number of aliphatic hydroxyl groups is 1. The van der Waals surface area contributed by atoms with Gasteiger partial charge >= 0.3 is 6.55 Å². The van der Waals surface area contributed by atoms with Gasteiger partial charge in [0.05, 0.1) is 35.6 Å². The number of alkyl halides is 2. The summed E-state index contributed by atoms with van der Waals surface area (Å²) < 4.78 is 68.0. The van der Waals surface area contributed by atoms with Crippen LogP contribution in [0.25, 0.3) is 16.9 Å². The summed E-state index contributed by atoms with van der Waals surface area (Å²) in [5, 5.41) is 17.4. The van der Waals surface area contributed by atoms with Crippen molar-refractivity contribution < 1.29 is 26.7 Å². The Balaban J connectivity index is 1.37. The van der Waals surface area contributed by atoms with Gasteiger partial charge in [-0.2, -0.15) is 13.1 Å². The summed E-state index contributed by atoms with van der Waals surface area (Å²) in [5.74, 6) is -0.568. The van der Waals surface area contributed by atoms with Crippen LogP contribution < -0.4 is 5.32 Å². The third kappa shape index (κ3) is 3.71. The van der Waals surface area contributed by atoms with Crippen molar-refractivity contribution in [3.05, 3.63) is 30.6 Å². The molecule has 10 nitrogen and oxygen atoms in total. The molecular formula is C18H20F3N7O3S. The molecule has 4 heterocycles. The Bertz CT molecular complexity index is 1260. The third-order valence-corrected chi connectivity index (χ3v) is 8.09. The normalized spacial score (nSPS) is 22.7. The summed E-state index contributed by atoms with van der Waals surface area (Å²) in [6.45, 7) is -2.56. The summed E-state index contributed by atoms with van der Waals surface area (Å²) in [6, 6.07) is 0.613. The molecule has 2 fully saturated rings. The van der Waals surface area contributed by atoms with Crippen molar-refractivity contribution in [3.63, 3.8) is 0 Å². The van der Waals surface area contributed by atoms with E-state index in [4.69, 9.17) is 0 Å². The highest BCUT2D eigenvalue weighted by Gasteiger charge is 2.43. The number of sulfonamides is 1. The molecule has 2 atom stereocenters. The fraction of sp³-hybridized carbons (Fsp3) is 0.500. The van der Waals surface area contributed by atoms with E-state index in [9.17, 15) is 26.7 Å². The van der Waals surface area contributed by atoms with Crippen LogP contribution in [0.1, 0.15) is 25.8 Å². The minimum absolute atomic E-state index is 0.0306. The van der Waals surface area contributed by atoms with Gasteiger partial charge in [-0.1, -0.05) is 0 Å². The number of aliphatic hydroxyl groups excluding tert-OH is 1. The standard InChI is InChI=1S/C18H20F3N7O3S/c19-11-5-14(13-7-26(9-23-13)17(20)21)28-15(11)6-22-18(25-28)24-12-3-4-27(8-16(12)29)32(30,31)10-1-2-10/h5-7,9-10,12,16-17,29H,1-4,8H2,(H,24,25)/t12-,16-/m1/s1. The van der Waals surface area contributed by atoms with Gasteiger partial charge in [-0.25, -0.2) is 27.3 Å². The topological polar surface area (TPSA) is 118 Å². The van der Waals surface area contributed by atoms with Crippen LogP contribution in [-0.4, -0.2) is 72.5 Å². The first kappa shape index (κ1) is 21.2. The molecule has 5 rings (SSSR count). The summed E-state index contributed by atoms with van der Waals surface area (Å²) in [4.78, 5) is 7.96. The summed E-state index contributed by atoms with van der Waals surface area (Å²) in [7, 11) is -3.38. The lowest BCUT2D eigenvalue weighted by atomic mass is 10.0. The largest absolute Gasteiger partial charge is 0.390 e. The Morgan fingerprint density at radius 1 is 1.22 bits per heavy atom. The van der Waals surface area contributed by atoms with Gasteiger partial charge in [-0.3, -0.25) is 4.57 Å². The number of anilines is 1. The summed E-state index contributed by atoms with van der Waals surface area (Å²) in [6.07, 6.45) is 3.90. The van der Waals surface area contributed by atoms with E-state index in [1.165, 1.54) is 15.0 Å². The van der Waals surface area contributed by atoms with Crippen LogP contribution in [0, 0.1) is 5.82 Å². The molecule has 1 aliphatic heterocycles. The molecule has 1 saturated heterocycles. The lowest BCUT2D eigenvalue weighted by Crippen LogP contribution is -2.52. The van der Waals surface area contributed by atoms with Gasteiger partial charge in [0.1, 0.15) is 11.2 Å². The van der Waals surface area contributed by atoms with E-state index in [0.717, 1.165) is 18.6 Å². The maximum Gasteiger partial charge on any atom is 0.319 e. The number of fused-ring (bicyclic) bond motifs is 1. The maximum absolute atomic E-state index is 14.3. The molecule has 0 radical (unpaired) electrons. The van der Waals surface area contributed by atoms with Crippen molar-refractivity contribution in [2.24, 2.45) is 0 Å². The smallest absolute Gasteiger partial charge is 0.319 e. The molecule has 0 amide bonds. The van der Waals surface area contributed by atoms with E-state index < -0.39 is 34.5 Å². The molecule has 3 aromatic heterocycles. The summed E-state index contributed by atoms with van der Waals surface area (Å²) in [5.41, 5.74) is 0.295. The van der Waals surface area contributed by atoms with Gasteiger partial charge in [-0.05, 0) is 19.3 Å². The minimum atomic E-state index is -3.38. The number of nitrogens with one attached hydrogen (secondary N) is 1. The molecule has 0 aromatic carbocycles. The second kappa shape index (κ2) is 7.71. The second-order valence-corrected chi connectivity index (χ2v) is 10.2. The van der Waals surface area contributed by atoms with E-state index >= 15 is 0 Å². The van der Waals surface area contributed by atoms with Gasteiger partial charge in [0.15, 0.2) is 5.82 Å². The molecule has 2 N–H and O–H groups in total. The molecule has 3 aromatic rings. The van der Waals surface area contributed by atoms with Gasteiger partial charge in [0, 0.05) is 25.4 Å². The number of hydrogen-bond donors (Lipinski definition) is 2. The molecule has 0 bridgehead atoms. The Hall–Kier alpha value is -2.71. The molecule has 32 heavy (non-hydrogen) atoms. The van der Waals surface area contributed by atoms with Crippen molar-refractivity contribution in [1.82, 2.24) is 28.5 Å². The molecule has 1 saturated carbocycles. The van der Waals surface area contributed by atoms with Gasteiger partial charge in [0.2, 0.25) is 16.0 Å². The lowest BCUT2D eigenvalue weighted by molar-refractivity contribution is 0.0702. The average Bonchev–Trinajstić information content (AvgIpc) is 3.42. The number of β-amino-alcohol motifs (C(OH)–C–C–N with tert-alkyl or cyclic N) is 1. The highest BCUT2D eigenvalue weighted by atomic mass is 32.2. The molecule has 2 aliphatic rings. The predicted molar refractivity (Wildman–Crippen MR) is 107 cm³/mol. The Kier molecular flexibility index (Phi) is 5.09. The SMILES string of the molecule is O=S(=O)(C1CC1)N1CC[C@@H](Nc2ncc3c(F)cc(-c4cn(C(F)F)cn4)n3n2)[C@H](O)C1. The summed E-state index contributed by atoms with van der Waals surface area (Å²) >= 11 is 0. The Labute approximate surface area is 180 Å². The van der Waals surface area contributed by atoms with Crippen LogP contribution in [-0.2, 0) is 10.0 Å². The minimum Gasteiger partial charge on any atom is -0.390 e. The second-order valence-electron chi connectivity index (χ2n) is 7.95. The zero-order valence-corrected chi connectivity index (χ0v) is 17.5. The lowest BCUT2D eigenvalue weighted by Gasteiger charge is -2.35. The molecule has 0 spiro atoms. The molecule has 1 aliphatic carbocycles. The third-order valence-electron chi connectivity index (χ3n) is 5.72. The molecule has 14 heteroatoms. The van der Waals surface area contributed by atoms with Crippen molar-refractivity contribution in [1.29, 1.82) is 0 Å². The molecule has 172 valence electrons. The van der Waals surface area contributed by atoms with Gasteiger partial charge < -0.3 is 10.4 Å². The maximum atomic E-state index is 14.3. The fourth-order valence-electron chi connectivity index (χ4n) is 3.82. The highest BCUT2D eigenvalue weighted by molar-refractivity contribution is 7.90. The van der Waals surface area contributed by atoms with Crippen LogP contribution in [0.5, 0.6) is 0 Å². The van der Waals surface area contributed by atoms with E-state index in [1.54, 1.807) is 0 Å². The number of nitrogens with zero attached hydrogens (tertiary/aromatic N) is 6. The van der Waals surface area contributed by atoms with Crippen molar-refractivity contribution >= 4 is 21.5 Å². The fourth-order valence-corrected chi connectivity index (χ4v) is 5.70. The van der Waals surface area contributed by atoms with Crippen molar-refractivity contribution in [2.75, 3.05) is 18.4 Å². The van der Waals surface area contributed by atoms with Crippen LogP contribution in [0.4, 0.5) is 19.1 Å². The number of hydrogen-bond acceptors (Lipinski definition) is 7. The first-order valence-electron chi connectivity index (χ1n) is 10.0. The quantitative estimate of drug-likeness (QED) is 0.559. The average molecular weight is 471 g/mol. The van der Waals surface area contributed by atoms with E-state index in [0.29, 0.717) is 23.8 Å². The number of rotatable bonds is 6. The zero-order chi connectivity index (χ0) is 22.6. The van der Waals surface area contributed by atoms with Gasteiger partial charge in [0.25, 0.3) is 0 Å². The van der Waals surface area contributed by atoms with Gasteiger partial charge in [-0.15, -0.1) is 5.10 Å². The van der Waals surface area contributed by atoms with Crippen molar-refractivity contribution in [3.8, 4) is 11.4 Å². The van der Waals surface area contributed by atoms with Crippen LogP contribution >= 0.6 is 0 Å². The van der Waals surface area contributed by atoms with E-state index in [1.807, 2.05) is 0 Å². The number of halogens is 3. The first-order valence-corrected chi connectivity index (χ1v) is 11.5. The van der Waals surface area contributed by atoms with E-state index in [-0.39, 0.29) is 41.2 Å². The first-order chi connectivity index (χ1) is 15.2. The monoisotopic (exact) mass is 471 g/mol. The van der Waals surface area contributed by atoms with Crippen LogP contribution in [0.2, 0.25) is 0 Å². The Morgan fingerprint density at radius 2 is 2.00 bits per heavy atom. The van der Waals surface area contributed by atoms with E-state index in [2.05, 4.69) is 20.4 Å². The number of piperidine rings is 1. The van der Waals surface area contributed by atoms with Crippen LogP contribution in [0.15, 0.2) is 24.8 Å². The number of imidazole rings is 1. The zero-order valence-electron chi connectivity index (χ0n) is 16.6. The number of aromatic nitrogens is 5. The Morgan fingerprint density at radius 3 is 2.66 bits per heavy atom. The molecule has 0 unspecified atom stereocenters.